The molecule has 3 aromatic rings. The minimum atomic E-state index is -4.04. The molecule has 1 aromatic heterocycles. The van der Waals surface area contributed by atoms with Gasteiger partial charge in [0.1, 0.15) is 12.7 Å². The van der Waals surface area contributed by atoms with E-state index in [2.05, 4.69) is 10.1 Å². The zero-order chi connectivity index (χ0) is 22.0. The third-order valence-corrected chi connectivity index (χ3v) is 6.95. The SMILES string of the molecule is O=C(c1ccc(-n2cncn2)cc1)N1CCN(S(=O)(=O)c2ccccc2[N+](=O)[O-])CC1. The van der Waals surface area contributed by atoms with Crippen LogP contribution in [0.1, 0.15) is 10.4 Å². The minimum absolute atomic E-state index is 0.0527. The number of nitro groups is 1. The highest BCUT2D eigenvalue weighted by molar-refractivity contribution is 7.89. The van der Waals surface area contributed by atoms with Crippen LogP contribution in [0.25, 0.3) is 5.69 Å². The summed E-state index contributed by atoms with van der Waals surface area (Å²) in [6.07, 6.45) is 2.96. The van der Waals surface area contributed by atoms with E-state index in [-0.39, 0.29) is 37.0 Å². The summed E-state index contributed by atoms with van der Waals surface area (Å²) >= 11 is 0. The highest BCUT2D eigenvalue weighted by atomic mass is 32.2. The Hall–Kier alpha value is -3.64. The molecule has 0 bridgehead atoms. The molecular weight excluding hydrogens is 424 g/mol. The Kier molecular flexibility index (Phi) is 5.48. The molecule has 0 N–H and O–H groups in total. The van der Waals surface area contributed by atoms with Gasteiger partial charge in [0.05, 0.1) is 10.6 Å². The summed E-state index contributed by atoms with van der Waals surface area (Å²) in [5, 5.41) is 15.2. The number of aromatic nitrogens is 3. The number of amides is 1. The van der Waals surface area contributed by atoms with Crippen LogP contribution in [0.4, 0.5) is 5.69 Å². The number of benzene rings is 2. The average Bonchev–Trinajstić information content (AvgIpc) is 3.34. The number of carbonyl (C=O) groups excluding carboxylic acids is 1. The van der Waals surface area contributed by atoms with Gasteiger partial charge in [-0.2, -0.15) is 9.40 Å². The number of sulfonamides is 1. The maximum atomic E-state index is 12.9. The molecule has 12 heteroatoms. The number of piperazine rings is 1. The summed E-state index contributed by atoms with van der Waals surface area (Å²) in [6, 6.07) is 12.1. The highest BCUT2D eigenvalue weighted by Crippen LogP contribution is 2.27. The van der Waals surface area contributed by atoms with Crippen molar-refractivity contribution in [2.45, 2.75) is 4.90 Å². The van der Waals surface area contributed by atoms with Gasteiger partial charge in [0.15, 0.2) is 4.90 Å². The highest BCUT2D eigenvalue weighted by Gasteiger charge is 2.34. The van der Waals surface area contributed by atoms with E-state index in [0.29, 0.717) is 5.56 Å². The van der Waals surface area contributed by atoms with Gasteiger partial charge in [-0.1, -0.05) is 12.1 Å². The van der Waals surface area contributed by atoms with Crippen LogP contribution < -0.4 is 0 Å². The second-order valence-corrected chi connectivity index (χ2v) is 8.71. The first kappa shape index (κ1) is 20.6. The van der Waals surface area contributed by atoms with Crippen LogP contribution in [0.2, 0.25) is 0 Å². The summed E-state index contributed by atoms with van der Waals surface area (Å²) in [5.74, 6) is -0.215. The normalized spacial score (nSPS) is 15.0. The Morgan fingerprint density at radius 3 is 2.29 bits per heavy atom. The van der Waals surface area contributed by atoms with Gasteiger partial charge in [0.2, 0.25) is 10.0 Å². The molecule has 0 spiro atoms. The third kappa shape index (κ3) is 4.02. The first-order valence-corrected chi connectivity index (χ1v) is 10.8. The van der Waals surface area contributed by atoms with Crippen LogP contribution in [0.5, 0.6) is 0 Å². The van der Waals surface area contributed by atoms with E-state index in [4.69, 9.17) is 0 Å². The number of nitrogens with zero attached hydrogens (tertiary/aromatic N) is 6. The molecule has 0 saturated carbocycles. The van der Waals surface area contributed by atoms with Crippen molar-refractivity contribution in [1.29, 1.82) is 0 Å². The summed E-state index contributed by atoms with van der Waals surface area (Å²) in [4.78, 5) is 28.4. The number of hydrogen-bond acceptors (Lipinski definition) is 7. The molecule has 4 rings (SSSR count). The monoisotopic (exact) mass is 442 g/mol. The van der Waals surface area contributed by atoms with Crippen molar-refractivity contribution in [3.8, 4) is 5.69 Å². The Balaban J connectivity index is 1.45. The largest absolute Gasteiger partial charge is 0.336 e. The first-order valence-electron chi connectivity index (χ1n) is 9.36. The van der Waals surface area contributed by atoms with Crippen LogP contribution in [0, 0.1) is 10.1 Å². The summed E-state index contributed by atoms with van der Waals surface area (Å²) in [7, 11) is -4.04. The fourth-order valence-corrected chi connectivity index (χ4v) is 4.96. The van der Waals surface area contributed by atoms with E-state index in [1.54, 1.807) is 40.2 Å². The Morgan fingerprint density at radius 1 is 1.00 bits per heavy atom. The molecule has 2 heterocycles. The fourth-order valence-electron chi connectivity index (χ4n) is 3.38. The number of hydrogen-bond donors (Lipinski definition) is 0. The van der Waals surface area contributed by atoms with Gasteiger partial charge in [0, 0.05) is 37.8 Å². The van der Waals surface area contributed by atoms with E-state index in [1.165, 1.54) is 28.8 Å². The molecule has 11 nitrogen and oxygen atoms in total. The van der Waals surface area contributed by atoms with Crippen molar-refractivity contribution < 1.29 is 18.1 Å². The summed E-state index contributed by atoms with van der Waals surface area (Å²) in [6.45, 7) is 0.474. The Morgan fingerprint density at radius 2 is 1.68 bits per heavy atom. The molecule has 2 aromatic carbocycles. The minimum Gasteiger partial charge on any atom is -0.336 e. The van der Waals surface area contributed by atoms with Crippen LogP contribution in [0.3, 0.4) is 0 Å². The maximum Gasteiger partial charge on any atom is 0.289 e. The second kappa shape index (κ2) is 8.24. The third-order valence-electron chi connectivity index (χ3n) is 5.00. The molecular formula is C19H18N6O5S. The van der Waals surface area contributed by atoms with Gasteiger partial charge < -0.3 is 4.90 Å². The average molecular weight is 442 g/mol. The van der Waals surface area contributed by atoms with Gasteiger partial charge >= 0.3 is 0 Å². The number of carbonyl (C=O) groups is 1. The van der Waals surface area contributed by atoms with E-state index in [9.17, 15) is 23.3 Å². The fraction of sp³-hybridized carbons (Fsp3) is 0.211. The molecule has 31 heavy (non-hydrogen) atoms. The van der Waals surface area contributed by atoms with Gasteiger partial charge in [-0.25, -0.2) is 18.1 Å². The predicted molar refractivity (Wildman–Crippen MR) is 109 cm³/mol. The second-order valence-electron chi connectivity index (χ2n) is 6.81. The summed E-state index contributed by atoms with van der Waals surface area (Å²) < 4.78 is 28.6. The van der Waals surface area contributed by atoms with Crippen LogP contribution in [0.15, 0.2) is 66.1 Å². The van der Waals surface area contributed by atoms with Crippen LogP contribution in [-0.2, 0) is 10.0 Å². The van der Waals surface area contributed by atoms with Crippen molar-refractivity contribution >= 4 is 21.6 Å². The number of nitro benzene ring substituents is 1. The standard InChI is InChI=1S/C19H18N6O5S/c26-19(15-5-7-16(8-6-15)24-14-20-13-21-24)22-9-11-23(12-10-22)31(29,30)18-4-2-1-3-17(18)25(27)28/h1-8,13-14H,9-12H2. The number of para-hydroxylation sites is 1. The smallest absolute Gasteiger partial charge is 0.289 e. The van der Waals surface area contributed by atoms with E-state index in [0.717, 1.165) is 11.8 Å². The number of rotatable bonds is 5. The molecule has 1 aliphatic heterocycles. The zero-order valence-electron chi connectivity index (χ0n) is 16.2. The zero-order valence-corrected chi connectivity index (χ0v) is 17.1. The Labute approximate surface area is 177 Å². The van der Waals surface area contributed by atoms with E-state index in [1.807, 2.05) is 0 Å². The lowest BCUT2D eigenvalue weighted by atomic mass is 10.1. The molecule has 1 amide bonds. The van der Waals surface area contributed by atoms with Gasteiger partial charge in [-0.05, 0) is 30.3 Å². The lowest BCUT2D eigenvalue weighted by molar-refractivity contribution is -0.387. The molecule has 0 unspecified atom stereocenters. The van der Waals surface area contributed by atoms with E-state index < -0.39 is 20.6 Å². The molecule has 160 valence electrons. The van der Waals surface area contributed by atoms with Gasteiger partial charge in [-0.15, -0.1) is 0 Å². The predicted octanol–water partition coefficient (Wildman–Crippen LogP) is 1.32. The van der Waals surface area contributed by atoms with Crippen molar-refractivity contribution in [1.82, 2.24) is 24.0 Å². The molecule has 0 aliphatic carbocycles. The first-order chi connectivity index (χ1) is 14.9. The van der Waals surface area contributed by atoms with Crippen molar-refractivity contribution in [2.24, 2.45) is 0 Å². The van der Waals surface area contributed by atoms with Gasteiger partial charge in [0.25, 0.3) is 11.6 Å². The topological polar surface area (TPSA) is 132 Å². The Bertz CT molecular complexity index is 1200. The summed E-state index contributed by atoms with van der Waals surface area (Å²) in [5.41, 5.74) is 0.766. The molecule has 1 saturated heterocycles. The molecule has 0 atom stereocenters. The quantitative estimate of drug-likeness (QED) is 0.430. The lowest BCUT2D eigenvalue weighted by Crippen LogP contribution is -2.50. The lowest BCUT2D eigenvalue weighted by Gasteiger charge is -2.34. The van der Waals surface area contributed by atoms with Crippen LogP contribution in [-0.4, -0.2) is 69.4 Å². The van der Waals surface area contributed by atoms with Crippen molar-refractivity contribution in [2.75, 3.05) is 26.2 Å². The van der Waals surface area contributed by atoms with Crippen molar-refractivity contribution in [3.05, 3.63) is 76.9 Å². The van der Waals surface area contributed by atoms with E-state index >= 15 is 0 Å². The van der Waals surface area contributed by atoms with Crippen LogP contribution >= 0.6 is 0 Å². The van der Waals surface area contributed by atoms with Crippen molar-refractivity contribution in [3.63, 3.8) is 0 Å². The van der Waals surface area contributed by atoms with Gasteiger partial charge in [-0.3, -0.25) is 14.9 Å². The molecule has 1 aliphatic rings. The maximum absolute atomic E-state index is 12.9. The molecule has 0 radical (unpaired) electrons. The molecule has 1 fully saturated rings.